The van der Waals surface area contributed by atoms with E-state index in [4.69, 9.17) is 10.5 Å². The van der Waals surface area contributed by atoms with Crippen molar-refractivity contribution in [3.63, 3.8) is 0 Å². The Hall–Kier alpha value is -1.58. The predicted octanol–water partition coefficient (Wildman–Crippen LogP) is 3.04. The Morgan fingerprint density at radius 2 is 2.15 bits per heavy atom. The van der Waals surface area contributed by atoms with Crippen LogP contribution in [0.4, 0.5) is 5.69 Å². The number of nitrogens with zero attached hydrogens (tertiary/aromatic N) is 1. The molecule has 2 aliphatic rings. The average Bonchev–Trinajstić information content (AvgIpc) is 2.72. The van der Waals surface area contributed by atoms with Crippen LogP contribution in [-0.2, 0) is 4.74 Å². The van der Waals surface area contributed by atoms with Crippen LogP contribution in [0.5, 0.6) is 0 Å². The van der Waals surface area contributed by atoms with Gasteiger partial charge < -0.3 is 10.5 Å². The molecule has 3 rings (SSSR count). The normalized spacial score (nSPS) is 34.1. The van der Waals surface area contributed by atoms with E-state index in [1.807, 2.05) is 0 Å². The van der Waals surface area contributed by atoms with Crippen molar-refractivity contribution in [1.82, 2.24) is 4.98 Å². The van der Waals surface area contributed by atoms with Crippen LogP contribution in [0.25, 0.3) is 0 Å². The summed E-state index contributed by atoms with van der Waals surface area (Å²) in [6.07, 6.45) is 4.85. The molecule has 2 aliphatic carbocycles. The van der Waals surface area contributed by atoms with Gasteiger partial charge in [0.2, 0.25) is 0 Å². The Bertz CT molecular complexity index is 538. The predicted molar refractivity (Wildman–Crippen MR) is 77.1 cm³/mol. The molecule has 2 N–H and O–H groups in total. The quantitative estimate of drug-likeness (QED) is 0.842. The molecular formula is C16H22N2O2. The molecule has 4 heteroatoms. The first kappa shape index (κ1) is 13.4. The molecule has 0 aliphatic heterocycles. The Morgan fingerprint density at radius 3 is 2.65 bits per heavy atom. The van der Waals surface area contributed by atoms with Crippen LogP contribution in [0, 0.1) is 16.7 Å². The zero-order chi connectivity index (χ0) is 14.5. The highest BCUT2D eigenvalue weighted by Gasteiger charge is 2.62. The zero-order valence-electron chi connectivity index (χ0n) is 12.3. The van der Waals surface area contributed by atoms with E-state index >= 15 is 0 Å². The van der Waals surface area contributed by atoms with Crippen LogP contribution in [-0.4, -0.2) is 17.1 Å². The van der Waals surface area contributed by atoms with Crippen molar-refractivity contribution >= 4 is 11.7 Å². The van der Waals surface area contributed by atoms with E-state index in [0.29, 0.717) is 17.3 Å². The number of fused-ring (bicyclic) bond motifs is 2. The highest BCUT2D eigenvalue weighted by Crippen LogP contribution is 2.66. The molecule has 0 aromatic carbocycles. The maximum atomic E-state index is 12.2. The molecule has 0 radical (unpaired) electrons. The molecule has 1 aromatic heterocycles. The van der Waals surface area contributed by atoms with Crippen molar-refractivity contribution < 1.29 is 9.53 Å². The van der Waals surface area contributed by atoms with Crippen molar-refractivity contribution in [2.45, 2.75) is 46.1 Å². The number of esters is 1. The first-order chi connectivity index (χ1) is 9.34. The third kappa shape index (κ3) is 1.74. The highest BCUT2D eigenvalue weighted by molar-refractivity contribution is 5.87. The Morgan fingerprint density at radius 1 is 1.40 bits per heavy atom. The van der Waals surface area contributed by atoms with E-state index in [-0.39, 0.29) is 22.9 Å². The topological polar surface area (TPSA) is 65.2 Å². The van der Waals surface area contributed by atoms with E-state index in [0.717, 1.165) is 12.8 Å². The number of hydrogen-bond acceptors (Lipinski definition) is 4. The lowest BCUT2D eigenvalue weighted by Crippen LogP contribution is -2.38. The minimum atomic E-state index is -0.334. The largest absolute Gasteiger partial charge is 0.457 e. The van der Waals surface area contributed by atoms with Gasteiger partial charge >= 0.3 is 5.97 Å². The molecule has 2 fully saturated rings. The molecule has 1 aromatic rings. The number of carbonyl (C=O) groups is 1. The van der Waals surface area contributed by atoms with Gasteiger partial charge in [-0.1, -0.05) is 20.8 Å². The fourth-order valence-electron chi connectivity index (χ4n) is 4.02. The van der Waals surface area contributed by atoms with Crippen LogP contribution in [0.3, 0.4) is 0 Å². The lowest BCUT2D eigenvalue weighted by atomic mass is 9.70. The van der Waals surface area contributed by atoms with E-state index < -0.39 is 0 Å². The van der Waals surface area contributed by atoms with Gasteiger partial charge in [-0.15, -0.1) is 0 Å². The summed E-state index contributed by atoms with van der Waals surface area (Å²) in [5.74, 6) is 0.323. The second-order valence-corrected chi connectivity index (χ2v) is 6.98. The Labute approximate surface area is 119 Å². The van der Waals surface area contributed by atoms with Gasteiger partial charge in [0.05, 0.1) is 11.9 Å². The van der Waals surface area contributed by atoms with Gasteiger partial charge in [0, 0.05) is 5.41 Å². The number of pyridine rings is 1. The van der Waals surface area contributed by atoms with E-state index in [1.165, 1.54) is 12.6 Å². The van der Waals surface area contributed by atoms with Crippen molar-refractivity contribution in [3.8, 4) is 0 Å². The van der Waals surface area contributed by atoms with Gasteiger partial charge in [-0.25, -0.2) is 9.78 Å². The van der Waals surface area contributed by atoms with Crippen LogP contribution in [0.2, 0.25) is 0 Å². The van der Waals surface area contributed by atoms with E-state index in [1.54, 1.807) is 12.1 Å². The average molecular weight is 274 g/mol. The van der Waals surface area contributed by atoms with E-state index in [2.05, 4.69) is 25.8 Å². The molecular weight excluding hydrogens is 252 g/mol. The summed E-state index contributed by atoms with van der Waals surface area (Å²) in [4.78, 5) is 16.3. The fourth-order valence-corrected chi connectivity index (χ4v) is 4.02. The molecule has 108 valence electrons. The van der Waals surface area contributed by atoms with Gasteiger partial charge in [-0.3, -0.25) is 0 Å². The lowest BCUT2D eigenvalue weighted by molar-refractivity contribution is -0.0247. The summed E-state index contributed by atoms with van der Waals surface area (Å²) in [5, 5.41) is 0. The van der Waals surface area contributed by atoms with Crippen molar-refractivity contribution in [1.29, 1.82) is 0 Å². The first-order valence-corrected chi connectivity index (χ1v) is 7.27. The summed E-state index contributed by atoms with van der Waals surface area (Å²) in [7, 11) is 0. The van der Waals surface area contributed by atoms with Crippen LogP contribution >= 0.6 is 0 Å². The lowest BCUT2D eigenvalue weighted by Gasteiger charge is -2.38. The monoisotopic (exact) mass is 274 g/mol. The Kier molecular flexibility index (Phi) is 2.82. The summed E-state index contributed by atoms with van der Waals surface area (Å²) in [6.45, 7) is 6.87. The third-order valence-electron chi connectivity index (χ3n) is 5.96. The second kappa shape index (κ2) is 4.21. The van der Waals surface area contributed by atoms with Crippen molar-refractivity contribution in [2.24, 2.45) is 16.7 Å². The smallest absolute Gasteiger partial charge is 0.357 e. The van der Waals surface area contributed by atoms with Crippen LogP contribution < -0.4 is 5.73 Å². The van der Waals surface area contributed by atoms with Gasteiger partial charge in [0.15, 0.2) is 0 Å². The molecule has 0 amide bonds. The molecule has 2 bridgehead atoms. The number of hydrogen-bond donors (Lipinski definition) is 1. The molecule has 4 nitrogen and oxygen atoms in total. The summed E-state index contributed by atoms with van der Waals surface area (Å²) >= 11 is 0. The van der Waals surface area contributed by atoms with E-state index in [9.17, 15) is 4.79 Å². The zero-order valence-corrected chi connectivity index (χ0v) is 12.3. The molecule has 20 heavy (non-hydrogen) atoms. The molecule has 2 saturated carbocycles. The SMILES string of the molecule is CC1(C)C2CCC1(C)C(OC(=O)c1ccc(N)cn1)C2. The standard InChI is InChI=1S/C16H22N2O2/c1-15(2)10-6-7-16(15,3)13(8-10)20-14(19)12-5-4-11(17)9-18-12/h4-5,9-10,13H,6-8,17H2,1-3H3. The van der Waals surface area contributed by atoms with Crippen LogP contribution in [0.1, 0.15) is 50.5 Å². The first-order valence-electron chi connectivity index (χ1n) is 7.27. The molecule has 0 saturated heterocycles. The molecule has 3 atom stereocenters. The maximum absolute atomic E-state index is 12.2. The molecule has 3 unspecified atom stereocenters. The van der Waals surface area contributed by atoms with Crippen molar-refractivity contribution in [2.75, 3.05) is 5.73 Å². The summed E-state index contributed by atoms with van der Waals surface area (Å²) in [5.41, 5.74) is 6.80. The maximum Gasteiger partial charge on any atom is 0.357 e. The number of ether oxygens (including phenoxy) is 1. The van der Waals surface area contributed by atoms with Crippen molar-refractivity contribution in [3.05, 3.63) is 24.0 Å². The number of carbonyl (C=O) groups excluding carboxylic acids is 1. The molecule has 1 heterocycles. The van der Waals surface area contributed by atoms with Gasteiger partial charge in [-0.2, -0.15) is 0 Å². The second-order valence-electron chi connectivity index (χ2n) is 6.98. The molecule has 0 spiro atoms. The summed E-state index contributed by atoms with van der Waals surface area (Å²) < 4.78 is 5.77. The van der Waals surface area contributed by atoms with Gasteiger partial charge in [0.25, 0.3) is 0 Å². The fraction of sp³-hybridized carbons (Fsp3) is 0.625. The minimum Gasteiger partial charge on any atom is -0.457 e. The summed E-state index contributed by atoms with van der Waals surface area (Å²) in [6, 6.07) is 3.30. The van der Waals surface area contributed by atoms with Gasteiger partial charge in [-0.05, 0) is 42.7 Å². The minimum absolute atomic E-state index is 0.00287. The highest BCUT2D eigenvalue weighted by atomic mass is 16.5. The Balaban J connectivity index is 1.76. The number of aromatic nitrogens is 1. The number of anilines is 1. The number of nitrogens with two attached hydrogens (primary N) is 1. The third-order valence-corrected chi connectivity index (χ3v) is 5.96. The number of rotatable bonds is 2. The van der Waals surface area contributed by atoms with Gasteiger partial charge in [0.1, 0.15) is 11.8 Å². The number of nitrogen functional groups attached to an aromatic ring is 1. The van der Waals surface area contributed by atoms with Crippen LogP contribution in [0.15, 0.2) is 18.3 Å².